The van der Waals surface area contributed by atoms with Gasteiger partial charge in [0.25, 0.3) is 5.91 Å². The van der Waals surface area contributed by atoms with Crippen LogP contribution >= 0.6 is 0 Å². The fourth-order valence-electron chi connectivity index (χ4n) is 2.44. The molecule has 0 atom stereocenters. The van der Waals surface area contributed by atoms with Crippen molar-refractivity contribution in [3.8, 4) is 0 Å². The highest BCUT2D eigenvalue weighted by Crippen LogP contribution is 2.19. The van der Waals surface area contributed by atoms with Crippen molar-refractivity contribution in [1.29, 1.82) is 0 Å². The summed E-state index contributed by atoms with van der Waals surface area (Å²) in [5.41, 5.74) is 4.44. The molecular weight excluding hydrogens is 312 g/mol. The van der Waals surface area contributed by atoms with Gasteiger partial charge in [0.05, 0.1) is 0 Å². The number of rotatable bonds is 5. The van der Waals surface area contributed by atoms with E-state index in [1.807, 2.05) is 62.4 Å². The number of carbonyl (C=O) groups excluding carboxylic acids is 1. The Labute approximate surface area is 147 Å². The molecule has 126 valence electrons. The van der Waals surface area contributed by atoms with Crippen LogP contribution in [0.5, 0.6) is 0 Å². The van der Waals surface area contributed by atoms with Gasteiger partial charge in [-0.15, -0.1) is 0 Å². The molecule has 0 radical (unpaired) electrons. The molecular formula is C20H20N4O. The quantitative estimate of drug-likeness (QED) is 0.742. The zero-order chi connectivity index (χ0) is 17.6. The Hall–Kier alpha value is -3.21. The van der Waals surface area contributed by atoms with Gasteiger partial charge in [0.15, 0.2) is 0 Å². The monoisotopic (exact) mass is 332 g/mol. The van der Waals surface area contributed by atoms with Crippen LogP contribution in [0.2, 0.25) is 0 Å². The number of anilines is 2. The van der Waals surface area contributed by atoms with Crippen LogP contribution in [0.25, 0.3) is 0 Å². The van der Waals surface area contributed by atoms with Crippen LogP contribution in [-0.4, -0.2) is 15.9 Å². The van der Waals surface area contributed by atoms with Crippen LogP contribution in [0.1, 0.15) is 27.2 Å². The number of amides is 1. The normalized spacial score (nSPS) is 10.3. The predicted molar refractivity (Wildman–Crippen MR) is 99.7 cm³/mol. The third kappa shape index (κ3) is 4.20. The van der Waals surface area contributed by atoms with E-state index in [4.69, 9.17) is 0 Å². The zero-order valence-corrected chi connectivity index (χ0v) is 14.3. The SMILES string of the molecule is Cc1cccc(NC(=O)c2cc(NCc3ccccc3)ncn2)c1C. The highest BCUT2D eigenvalue weighted by molar-refractivity contribution is 6.03. The Morgan fingerprint density at radius 3 is 2.60 bits per heavy atom. The van der Waals surface area contributed by atoms with E-state index in [1.54, 1.807) is 6.07 Å². The summed E-state index contributed by atoms with van der Waals surface area (Å²) in [7, 11) is 0. The summed E-state index contributed by atoms with van der Waals surface area (Å²) in [6, 6.07) is 17.5. The van der Waals surface area contributed by atoms with E-state index in [0.717, 1.165) is 22.4 Å². The fraction of sp³-hybridized carbons (Fsp3) is 0.150. The summed E-state index contributed by atoms with van der Waals surface area (Å²) in [5.74, 6) is 0.365. The average Bonchev–Trinajstić information content (AvgIpc) is 2.65. The Morgan fingerprint density at radius 1 is 1.00 bits per heavy atom. The van der Waals surface area contributed by atoms with Gasteiger partial charge in [0.1, 0.15) is 17.8 Å². The zero-order valence-electron chi connectivity index (χ0n) is 14.3. The van der Waals surface area contributed by atoms with E-state index in [1.165, 1.54) is 6.33 Å². The summed E-state index contributed by atoms with van der Waals surface area (Å²) in [6.07, 6.45) is 1.39. The highest BCUT2D eigenvalue weighted by Gasteiger charge is 2.11. The minimum Gasteiger partial charge on any atom is -0.366 e. The fourth-order valence-corrected chi connectivity index (χ4v) is 2.44. The van der Waals surface area contributed by atoms with Crippen LogP contribution in [0.15, 0.2) is 60.9 Å². The molecule has 0 saturated carbocycles. The van der Waals surface area contributed by atoms with Gasteiger partial charge in [-0.3, -0.25) is 4.79 Å². The van der Waals surface area contributed by atoms with Crippen molar-refractivity contribution < 1.29 is 4.79 Å². The second kappa shape index (κ2) is 7.57. The number of benzene rings is 2. The third-order valence-electron chi connectivity index (χ3n) is 4.07. The van der Waals surface area contributed by atoms with Crippen molar-refractivity contribution in [2.75, 3.05) is 10.6 Å². The summed E-state index contributed by atoms with van der Waals surface area (Å²) in [5, 5.41) is 6.12. The number of aryl methyl sites for hydroxylation is 1. The summed E-state index contributed by atoms with van der Waals surface area (Å²) >= 11 is 0. The molecule has 1 aromatic heterocycles. The van der Waals surface area contributed by atoms with Crippen molar-refractivity contribution in [2.24, 2.45) is 0 Å². The second-order valence-corrected chi connectivity index (χ2v) is 5.83. The first-order valence-electron chi connectivity index (χ1n) is 8.11. The van der Waals surface area contributed by atoms with Crippen LogP contribution in [0, 0.1) is 13.8 Å². The van der Waals surface area contributed by atoms with Gasteiger partial charge in [0, 0.05) is 18.3 Å². The van der Waals surface area contributed by atoms with E-state index in [-0.39, 0.29) is 5.91 Å². The second-order valence-electron chi connectivity index (χ2n) is 5.83. The number of nitrogens with one attached hydrogen (secondary N) is 2. The largest absolute Gasteiger partial charge is 0.366 e. The van der Waals surface area contributed by atoms with E-state index >= 15 is 0 Å². The molecule has 1 heterocycles. The van der Waals surface area contributed by atoms with Crippen molar-refractivity contribution in [3.05, 3.63) is 83.3 Å². The molecule has 0 aliphatic heterocycles. The Kier molecular flexibility index (Phi) is 5.04. The van der Waals surface area contributed by atoms with Gasteiger partial charge < -0.3 is 10.6 Å². The third-order valence-corrected chi connectivity index (χ3v) is 4.07. The molecule has 3 rings (SSSR count). The van der Waals surface area contributed by atoms with Gasteiger partial charge in [-0.1, -0.05) is 42.5 Å². The lowest BCUT2D eigenvalue weighted by Crippen LogP contribution is -2.15. The van der Waals surface area contributed by atoms with E-state index < -0.39 is 0 Å². The van der Waals surface area contributed by atoms with E-state index in [0.29, 0.717) is 18.1 Å². The first kappa shape index (κ1) is 16.6. The molecule has 2 N–H and O–H groups in total. The molecule has 0 spiro atoms. The van der Waals surface area contributed by atoms with Gasteiger partial charge in [-0.25, -0.2) is 9.97 Å². The molecule has 1 amide bonds. The van der Waals surface area contributed by atoms with Crippen LogP contribution in [0.4, 0.5) is 11.5 Å². The molecule has 5 nitrogen and oxygen atoms in total. The van der Waals surface area contributed by atoms with Crippen LogP contribution in [-0.2, 0) is 6.54 Å². The predicted octanol–water partition coefficient (Wildman–Crippen LogP) is 3.96. The van der Waals surface area contributed by atoms with E-state index in [9.17, 15) is 4.79 Å². The van der Waals surface area contributed by atoms with E-state index in [2.05, 4.69) is 20.6 Å². The first-order valence-corrected chi connectivity index (χ1v) is 8.11. The molecule has 25 heavy (non-hydrogen) atoms. The minimum absolute atomic E-state index is 0.251. The lowest BCUT2D eigenvalue weighted by molar-refractivity contribution is 0.102. The molecule has 0 saturated heterocycles. The van der Waals surface area contributed by atoms with Crippen LogP contribution < -0.4 is 10.6 Å². The number of hydrogen-bond donors (Lipinski definition) is 2. The maximum absolute atomic E-state index is 12.5. The summed E-state index contributed by atoms with van der Waals surface area (Å²) in [6.45, 7) is 4.63. The van der Waals surface area contributed by atoms with Crippen LogP contribution in [0.3, 0.4) is 0 Å². The van der Waals surface area contributed by atoms with Gasteiger partial charge in [-0.2, -0.15) is 0 Å². The Morgan fingerprint density at radius 2 is 1.80 bits per heavy atom. The minimum atomic E-state index is -0.251. The highest BCUT2D eigenvalue weighted by atomic mass is 16.1. The maximum Gasteiger partial charge on any atom is 0.274 e. The molecule has 0 unspecified atom stereocenters. The Bertz CT molecular complexity index is 878. The smallest absolute Gasteiger partial charge is 0.274 e. The van der Waals surface area contributed by atoms with Gasteiger partial charge in [-0.05, 0) is 36.6 Å². The molecule has 5 heteroatoms. The van der Waals surface area contributed by atoms with Crippen molar-refractivity contribution >= 4 is 17.4 Å². The molecule has 0 aliphatic carbocycles. The first-order chi connectivity index (χ1) is 12.1. The average molecular weight is 332 g/mol. The molecule has 2 aromatic carbocycles. The molecule has 0 fully saturated rings. The van der Waals surface area contributed by atoms with Crippen molar-refractivity contribution in [1.82, 2.24) is 9.97 Å². The molecule has 0 aliphatic rings. The lowest BCUT2D eigenvalue weighted by Gasteiger charge is -2.11. The van der Waals surface area contributed by atoms with Gasteiger partial charge >= 0.3 is 0 Å². The number of nitrogens with zero attached hydrogens (tertiary/aromatic N) is 2. The summed E-state index contributed by atoms with van der Waals surface area (Å²) < 4.78 is 0. The summed E-state index contributed by atoms with van der Waals surface area (Å²) in [4.78, 5) is 20.7. The van der Waals surface area contributed by atoms with Crippen molar-refractivity contribution in [2.45, 2.75) is 20.4 Å². The number of hydrogen-bond acceptors (Lipinski definition) is 4. The molecule has 3 aromatic rings. The van der Waals surface area contributed by atoms with Crippen molar-refractivity contribution in [3.63, 3.8) is 0 Å². The molecule has 0 bridgehead atoms. The van der Waals surface area contributed by atoms with Gasteiger partial charge in [0.2, 0.25) is 0 Å². The maximum atomic E-state index is 12.5. The topological polar surface area (TPSA) is 66.9 Å². The Balaban J connectivity index is 1.70. The number of aromatic nitrogens is 2. The standard InChI is InChI=1S/C20H20N4O/c1-14-7-6-10-17(15(14)2)24-20(25)18-11-19(23-13-22-18)21-12-16-8-4-3-5-9-16/h3-11,13H,12H2,1-2H3,(H,24,25)(H,21,22,23). The number of carbonyl (C=O) groups is 1. The lowest BCUT2D eigenvalue weighted by atomic mass is 10.1.